The molecule has 1 aromatic rings. The average Bonchev–Trinajstić information content (AvgIpc) is 2.54. The van der Waals surface area contributed by atoms with Gasteiger partial charge in [0.15, 0.2) is 12.4 Å². The molecule has 0 aromatic heterocycles. The fourth-order valence-corrected chi connectivity index (χ4v) is 2.12. The van der Waals surface area contributed by atoms with Crippen LogP contribution in [0.5, 0.6) is 5.75 Å². The Bertz CT molecular complexity index is 687. The number of ether oxygens (including phenoxy) is 1. The number of rotatable bonds is 8. The second-order valence-electron chi connectivity index (χ2n) is 4.94. The fourth-order valence-electron chi connectivity index (χ4n) is 1.66. The van der Waals surface area contributed by atoms with E-state index in [1.807, 2.05) is 0 Å². The molecule has 0 spiro atoms. The third-order valence-electron chi connectivity index (χ3n) is 3.15. The molecule has 1 atom stereocenters. The summed E-state index contributed by atoms with van der Waals surface area (Å²) in [4.78, 5) is 34.4. The highest BCUT2D eigenvalue weighted by atomic mass is 35.5. The zero-order valence-electron chi connectivity index (χ0n) is 13.2. The number of hydrogen-bond acceptors (Lipinski definition) is 4. The lowest BCUT2D eigenvalue weighted by Gasteiger charge is -2.13. The quantitative estimate of drug-likeness (QED) is 0.539. The molecule has 1 amide bonds. The first-order valence-corrected chi connectivity index (χ1v) is 7.80. The monoisotopic (exact) mass is 373 g/mol. The average molecular weight is 374 g/mol. The molecule has 1 aromatic carbocycles. The third kappa shape index (κ3) is 4.97. The molecular weight excluding hydrogens is 357 g/mol. The normalized spacial score (nSPS) is 11.5. The van der Waals surface area contributed by atoms with Crippen LogP contribution in [0.4, 0.5) is 0 Å². The first-order valence-electron chi connectivity index (χ1n) is 7.04. The number of amides is 1. The van der Waals surface area contributed by atoms with E-state index < -0.39 is 24.5 Å². The molecule has 0 fully saturated rings. The maximum Gasteiger partial charge on any atom is 0.325 e. The molecule has 130 valence electrons. The number of ketones is 1. The molecule has 0 saturated carbocycles. The topological polar surface area (TPSA) is 92.7 Å². The minimum absolute atomic E-state index is 0.00748. The largest absolute Gasteiger partial charge is 0.482 e. The minimum atomic E-state index is -1.16. The number of benzene rings is 1. The van der Waals surface area contributed by atoms with E-state index in [4.69, 9.17) is 33.0 Å². The minimum Gasteiger partial charge on any atom is -0.482 e. The Hall–Kier alpha value is -2.05. The van der Waals surface area contributed by atoms with Crippen molar-refractivity contribution in [1.82, 2.24) is 5.32 Å². The van der Waals surface area contributed by atoms with Gasteiger partial charge >= 0.3 is 5.97 Å². The van der Waals surface area contributed by atoms with E-state index in [2.05, 4.69) is 11.9 Å². The lowest BCUT2D eigenvalue weighted by atomic mass is 10.0. The fraction of sp³-hybridized carbons (Fsp3) is 0.312. The van der Waals surface area contributed by atoms with Crippen molar-refractivity contribution in [3.8, 4) is 5.75 Å². The number of carboxylic acid groups (broad SMARTS) is 1. The van der Waals surface area contributed by atoms with Gasteiger partial charge in [0.1, 0.15) is 16.8 Å². The van der Waals surface area contributed by atoms with Crippen LogP contribution in [-0.2, 0) is 9.59 Å². The Labute approximate surface area is 149 Å². The molecule has 8 heteroatoms. The summed E-state index contributed by atoms with van der Waals surface area (Å²) in [6.45, 7) is 6.34. The SMILES string of the molecule is C=C(CC)C(=O)c1ccc(OCC(=O)NC(C)C(=O)O)c(Cl)c1Cl. The highest BCUT2D eigenvalue weighted by Crippen LogP contribution is 2.35. The van der Waals surface area contributed by atoms with Crippen molar-refractivity contribution in [3.63, 3.8) is 0 Å². The number of carbonyl (C=O) groups excluding carboxylic acids is 2. The van der Waals surface area contributed by atoms with E-state index in [1.54, 1.807) is 6.92 Å². The molecule has 1 rings (SSSR count). The molecule has 2 N–H and O–H groups in total. The van der Waals surface area contributed by atoms with Crippen LogP contribution in [0.15, 0.2) is 24.3 Å². The summed E-state index contributed by atoms with van der Waals surface area (Å²) in [5.41, 5.74) is 0.591. The summed E-state index contributed by atoms with van der Waals surface area (Å²) in [7, 11) is 0. The van der Waals surface area contributed by atoms with Crippen LogP contribution in [-0.4, -0.2) is 35.4 Å². The molecule has 6 nitrogen and oxygen atoms in total. The molecule has 0 aliphatic carbocycles. The maximum absolute atomic E-state index is 12.1. The summed E-state index contributed by atoms with van der Waals surface area (Å²) in [6, 6.07) is 1.81. The molecule has 0 aliphatic rings. The number of carboxylic acids is 1. The second kappa shape index (κ2) is 8.70. The van der Waals surface area contributed by atoms with Gasteiger partial charge in [-0.3, -0.25) is 14.4 Å². The van der Waals surface area contributed by atoms with Crippen LogP contribution in [0.1, 0.15) is 30.6 Å². The number of nitrogens with one attached hydrogen (secondary N) is 1. The van der Waals surface area contributed by atoms with Crippen molar-refractivity contribution in [3.05, 3.63) is 39.9 Å². The van der Waals surface area contributed by atoms with Gasteiger partial charge in [-0.1, -0.05) is 36.7 Å². The Morgan fingerprint density at radius 3 is 2.46 bits per heavy atom. The van der Waals surface area contributed by atoms with Crippen LogP contribution in [0.3, 0.4) is 0 Å². The Kier molecular flexibility index (Phi) is 7.25. The zero-order chi connectivity index (χ0) is 18.4. The standard InChI is InChI=1S/C16H17Cl2NO5/c1-4-8(2)15(21)10-5-6-11(14(18)13(10)17)24-7-12(20)19-9(3)16(22)23/h5-6,9H,2,4,7H2,1,3H3,(H,19,20)(H,22,23). The predicted molar refractivity (Wildman–Crippen MR) is 91.0 cm³/mol. The molecule has 0 radical (unpaired) electrons. The van der Waals surface area contributed by atoms with Gasteiger partial charge in [-0.2, -0.15) is 0 Å². The number of halogens is 2. The van der Waals surface area contributed by atoms with Crippen molar-refractivity contribution in [1.29, 1.82) is 0 Å². The molecule has 0 bridgehead atoms. The molecule has 0 saturated heterocycles. The third-order valence-corrected chi connectivity index (χ3v) is 4.01. The van der Waals surface area contributed by atoms with Crippen LogP contribution >= 0.6 is 23.2 Å². The summed E-state index contributed by atoms with van der Waals surface area (Å²) in [6.07, 6.45) is 0.479. The Morgan fingerprint density at radius 2 is 1.92 bits per heavy atom. The van der Waals surface area contributed by atoms with Crippen molar-refractivity contribution < 1.29 is 24.2 Å². The Balaban J connectivity index is 2.83. The van der Waals surface area contributed by atoms with Gasteiger partial charge in [-0.25, -0.2) is 0 Å². The van der Waals surface area contributed by atoms with E-state index >= 15 is 0 Å². The number of carbonyl (C=O) groups is 3. The number of allylic oxidation sites excluding steroid dienone is 1. The lowest BCUT2D eigenvalue weighted by molar-refractivity contribution is -0.141. The maximum atomic E-state index is 12.1. The number of aliphatic carboxylic acids is 1. The first-order chi connectivity index (χ1) is 11.2. The first kappa shape index (κ1) is 20.0. The van der Waals surface area contributed by atoms with E-state index in [1.165, 1.54) is 19.1 Å². The van der Waals surface area contributed by atoms with Gasteiger partial charge in [-0.15, -0.1) is 0 Å². The van der Waals surface area contributed by atoms with Crippen molar-refractivity contribution in [2.75, 3.05) is 6.61 Å². The molecule has 0 aliphatic heterocycles. The molecule has 24 heavy (non-hydrogen) atoms. The lowest BCUT2D eigenvalue weighted by Crippen LogP contribution is -2.40. The smallest absolute Gasteiger partial charge is 0.325 e. The predicted octanol–water partition coefficient (Wildman–Crippen LogP) is 3.11. The van der Waals surface area contributed by atoms with Gasteiger partial charge in [0.05, 0.1) is 5.02 Å². The summed E-state index contributed by atoms with van der Waals surface area (Å²) in [5.74, 6) is -2.00. The van der Waals surface area contributed by atoms with Gasteiger partial charge in [-0.05, 0) is 31.1 Å². The number of hydrogen-bond donors (Lipinski definition) is 2. The number of Topliss-reactive ketones (excluding diaryl/α,β-unsaturated/α-hetero) is 1. The summed E-state index contributed by atoms with van der Waals surface area (Å²) < 4.78 is 5.23. The molecular formula is C16H17Cl2NO5. The van der Waals surface area contributed by atoms with E-state index in [9.17, 15) is 14.4 Å². The van der Waals surface area contributed by atoms with Gasteiger partial charge < -0.3 is 15.2 Å². The van der Waals surface area contributed by atoms with Gasteiger partial charge in [0.25, 0.3) is 5.91 Å². The summed E-state index contributed by atoms with van der Waals surface area (Å²) in [5, 5.41) is 10.9. The molecule has 1 unspecified atom stereocenters. The molecule has 0 heterocycles. The highest BCUT2D eigenvalue weighted by molar-refractivity contribution is 6.45. The second-order valence-corrected chi connectivity index (χ2v) is 5.70. The van der Waals surface area contributed by atoms with E-state index in [-0.39, 0.29) is 27.1 Å². The highest BCUT2D eigenvalue weighted by Gasteiger charge is 2.19. The van der Waals surface area contributed by atoms with Gasteiger partial charge in [0, 0.05) is 5.56 Å². The van der Waals surface area contributed by atoms with Crippen LogP contribution < -0.4 is 10.1 Å². The van der Waals surface area contributed by atoms with Crippen LogP contribution in [0.2, 0.25) is 10.0 Å². The van der Waals surface area contributed by atoms with Crippen molar-refractivity contribution in [2.24, 2.45) is 0 Å². The van der Waals surface area contributed by atoms with E-state index in [0.717, 1.165) is 0 Å². The van der Waals surface area contributed by atoms with Crippen LogP contribution in [0.25, 0.3) is 0 Å². The zero-order valence-corrected chi connectivity index (χ0v) is 14.7. The van der Waals surface area contributed by atoms with Crippen molar-refractivity contribution >= 4 is 40.9 Å². The summed E-state index contributed by atoms with van der Waals surface area (Å²) >= 11 is 12.1. The van der Waals surface area contributed by atoms with Crippen molar-refractivity contribution in [2.45, 2.75) is 26.3 Å². The van der Waals surface area contributed by atoms with Crippen LogP contribution in [0, 0.1) is 0 Å². The van der Waals surface area contributed by atoms with E-state index in [0.29, 0.717) is 12.0 Å². The van der Waals surface area contributed by atoms with Gasteiger partial charge in [0.2, 0.25) is 0 Å². The Morgan fingerprint density at radius 1 is 1.29 bits per heavy atom.